The Labute approximate surface area is 195 Å². The van der Waals surface area contributed by atoms with Crippen molar-refractivity contribution in [2.24, 2.45) is 0 Å². The number of thioether (sulfide) groups is 2. The molecule has 2 aromatic rings. The zero-order valence-corrected chi connectivity index (χ0v) is 19.6. The Balaban J connectivity index is 1.72. The fourth-order valence-electron chi connectivity index (χ4n) is 3.80. The van der Waals surface area contributed by atoms with Gasteiger partial charge in [0, 0.05) is 34.2 Å². The second kappa shape index (κ2) is 9.69. The summed E-state index contributed by atoms with van der Waals surface area (Å²) >= 11 is 9.24. The van der Waals surface area contributed by atoms with Crippen LogP contribution in [0.3, 0.4) is 0 Å². The molecule has 31 heavy (non-hydrogen) atoms. The molecule has 2 aromatic carbocycles. The summed E-state index contributed by atoms with van der Waals surface area (Å²) in [4.78, 5) is 28.9. The number of ether oxygens (including phenoxy) is 2. The van der Waals surface area contributed by atoms with Crippen molar-refractivity contribution in [2.75, 3.05) is 25.7 Å². The number of nitrogens with zero attached hydrogens (tertiary/aromatic N) is 1. The number of hydrogen-bond acceptors (Lipinski definition) is 7. The van der Waals surface area contributed by atoms with Crippen LogP contribution in [-0.2, 0) is 16.1 Å². The lowest BCUT2D eigenvalue weighted by atomic mass is 9.96. The average molecular weight is 476 g/mol. The summed E-state index contributed by atoms with van der Waals surface area (Å²) in [7, 11) is 3.00. The summed E-state index contributed by atoms with van der Waals surface area (Å²) < 4.78 is 10.3. The number of halogens is 1. The summed E-state index contributed by atoms with van der Waals surface area (Å²) in [6.45, 7) is 0.679. The average Bonchev–Trinajstić information content (AvgIpc) is 3.09. The number of fused-ring (bicyclic) bond motifs is 2. The first-order chi connectivity index (χ1) is 15.0. The van der Waals surface area contributed by atoms with Gasteiger partial charge in [-0.3, -0.25) is 9.69 Å². The Morgan fingerprint density at radius 3 is 2.42 bits per heavy atom. The highest BCUT2D eigenvalue weighted by atomic mass is 35.5. The van der Waals surface area contributed by atoms with Gasteiger partial charge in [0.2, 0.25) is 0 Å². The molecule has 4 rings (SSSR count). The molecule has 2 bridgehead atoms. The van der Waals surface area contributed by atoms with Gasteiger partial charge < -0.3 is 9.47 Å². The molecule has 0 saturated carbocycles. The van der Waals surface area contributed by atoms with Gasteiger partial charge in [0.05, 0.1) is 25.6 Å². The van der Waals surface area contributed by atoms with Gasteiger partial charge in [-0.1, -0.05) is 23.7 Å². The number of Topliss-reactive ketones (excluding diaryl/α,β-unsaturated/α-hetero) is 1. The molecule has 0 radical (unpaired) electrons. The van der Waals surface area contributed by atoms with Gasteiger partial charge in [-0.25, -0.2) is 4.79 Å². The van der Waals surface area contributed by atoms with E-state index in [9.17, 15) is 9.59 Å². The SMILES string of the molecule is COC(=O)C1=C(C(=O)c2ccc(Cl)cc2)C2CSC(CS1)N2Cc1ccc(OC)cc1. The summed E-state index contributed by atoms with van der Waals surface area (Å²) in [5.41, 5.74) is 2.16. The van der Waals surface area contributed by atoms with Crippen LogP contribution in [0.4, 0.5) is 0 Å². The molecule has 8 heteroatoms. The number of ketones is 1. The highest BCUT2D eigenvalue weighted by molar-refractivity contribution is 8.06. The zero-order chi connectivity index (χ0) is 22.0. The largest absolute Gasteiger partial charge is 0.497 e. The van der Waals surface area contributed by atoms with Crippen molar-refractivity contribution in [3.05, 3.63) is 75.2 Å². The molecule has 2 unspecified atom stereocenters. The monoisotopic (exact) mass is 475 g/mol. The highest BCUT2D eigenvalue weighted by Gasteiger charge is 2.44. The number of esters is 1. The number of carbonyl (C=O) groups excluding carboxylic acids is 2. The van der Waals surface area contributed by atoms with Crippen molar-refractivity contribution in [3.8, 4) is 5.75 Å². The second-order valence-electron chi connectivity index (χ2n) is 7.21. The smallest absolute Gasteiger partial charge is 0.344 e. The molecular weight excluding hydrogens is 454 g/mol. The number of methoxy groups -OCH3 is 2. The van der Waals surface area contributed by atoms with E-state index in [1.807, 2.05) is 36.0 Å². The Morgan fingerprint density at radius 2 is 1.77 bits per heavy atom. The van der Waals surface area contributed by atoms with E-state index in [2.05, 4.69) is 4.90 Å². The van der Waals surface area contributed by atoms with Gasteiger partial charge in [0.15, 0.2) is 5.78 Å². The summed E-state index contributed by atoms with van der Waals surface area (Å²) in [5.74, 6) is 1.65. The van der Waals surface area contributed by atoms with E-state index in [4.69, 9.17) is 21.1 Å². The maximum Gasteiger partial charge on any atom is 0.344 e. The fraction of sp³-hybridized carbons (Fsp3) is 0.304. The molecule has 0 spiro atoms. The predicted octanol–water partition coefficient (Wildman–Crippen LogP) is 4.65. The third kappa shape index (κ3) is 4.65. The Morgan fingerprint density at radius 1 is 1.06 bits per heavy atom. The molecule has 0 amide bonds. The first kappa shape index (κ1) is 22.3. The van der Waals surface area contributed by atoms with Crippen molar-refractivity contribution < 1.29 is 19.1 Å². The third-order valence-corrected chi connectivity index (χ3v) is 8.36. The summed E-state index contributed by atoms with van der Waals surface area (Å²) in [6.07, 6.45) is 0. The standard InChI is InChI=1S/C23H22ClNO4S2/c1-28-17-9-3-14(4-10-17)11-25-18-12-30-19(25)13-31-22(23(27)29-2)20(18)21(26)15-5-7-16(24)8-6-15/h3-10,18-19H,11-13H2,1-2H3. The van der Waals surface area contributed by atoms with Crippen molar-refractivity contribution in [1.29, 1.82) is 0 Å². The number of benzene rings is 2. The number of hydrogen-bond donors (Lipinski definition) is 0. The van der Waals surface area contributed by atoms with Gasteiger partial charge in [-0.15, -0.1) is 23.5 Å². The van der Waals surface area contributed by atoms with Crippen LogP contribution < -0.4 is 4.74 Å². The molecule has 162 valence electrons. The van der Waals surface area contributed by atoms with E-state index >= 15 is 0 Å². The predicted molar refractivity (Wildman–Crippen MR) is 126 cm³/mol. The van der Waals surface area contributed by atoms with E-state index < -0.39 is 5.97 Å². The Hall–Kier alpha value is -1.93. The van der Waals surface area contributed by atoms with Gasteiger partial charge in [0.1, 0.15) is 10.7 Å². The molecule has 2 heterocycles. The van der Waals surface area contributed by atoms with E-state index in [0.717, 1.165) is 17.1 Å². The van der Waals surface area contributed by atoms with E-state index in [0.29, 0.717) is 33.4 Å². The van der Waals surface area contributed by atoms with Crippen molar-refractivity contribution in [3.63, 3.8) is 0 Å². The highest BCUT2D eigenvalue weighted by Crippen LogP contribution is 2.44. The number of rotatable bonds is 6. The molecule has 1 saturated heterocycles. The van der Waals surface area contributed by atoms with Crippen LogP contribution in [0, 0.1) is 0 Å². The second-order valence-corrected chi connectivity index (χ2v) is 9.88. The minimum Gasteiger partial charge on any atom is -0.497 e. The molecule has 0 aromatic heterocycles. The topological polar surface area (TPSA) is 55.8 Å². The lowest BCUT2D eigenvalue weighted by Gasteiger charge is -2.28. The molecule has 5 nitrogen and oxygen atoms in total. The maximum atomic E-state index is 13.6. The number of carbonyl (C=O) groups is 2. The summed E-state index contributed by atoms with van der Waals surface area (Å²) in [5, 5.41) is 0.763. The van der Waals surface area contributed by atoms with Crippen LogP contribution in [-0.4, -0.2) is 53.8 Å². The van der Waals surface area contributed by atoms with Crippen LogP contribution in [0.2, 0.25) is 5.02 Å². The van der Waals surface area contributed by atoms with Crippen molar-refractivity contribution >= 4 is 46.9 Å². The summed E-state index contributed by atoms with van der Waals surface area (Å²) in [6, 6.07) is 14.6. The molecular formula is C23H22ClNO4S2. The van der Waals surface area contributed by atoms with E-state index in [1.165, 1.54) is 18.9 Å². The lowest BCUT2D eigenvalue weighted by Crippen LogP contribution is -2.39. The maximum absolute atomic E-state index is 13.6. The van der Waals surface area contributed by atoms with Crippen LogP contribution in [0.15, 0.2) is 59.0 Å². The van der Waals surface area contributed by atoms with Crippen LogP contribution >= 0.6 is 35.1 Å². The molecule has 2 aliphatic rings. The zero-order valence-electron chi connectivity index (χ0n) is 17.2. The molecule has 2 aliphatic heterocycles. The van der Waals surface area contributed by atoms with Crippen molar-refractivity contribution in [1.82, 2.24) is 4.90 Å². The minimum atomic E-state index is -0.454. The lowest BCUT2D eigenvalue weighted by molar-refractivity contribution is -0.135. The molecule has 0 N–H and O–H groups in total. The van der Waals surface area contributed by atoms with E-state index in [-0.39, 0.29) is 17.2 Å². The van der Waals surface area contributed by atoms with Gasteiger partial charge in [-0.2, -0.15) is 0 Å². The Bertz CT molecular complexity index is 1010. The molecule has 0 aliphatic carbocycles. The normalized spacial score (nSPS) is 21.0. The molecule has 1 fully saturated rings. The van der Waals surface area contributed by atoms with Crippen LogP contribution in [0.5, 0.6) is 5.75 Å². The molecule has 2 atom stereocenters. The van der Waals surface area contributed by atoms with Gasteiger partial charge in [-0.05, 0) is 42.0 Å². The van der Waals surface area contributed by atoms with E-state index in [1.54, 1.807) is 31.4 Å². The van der Waals surface area contributed by atoms with Crippen LogP contribution in [0.25, 0.3) is 0 Å². The Kier molecular flexibility index (Phi) is 6.96. The first-order valence-corrected chi connectivity index (χ1v) is 12.2. The third-order valence-electron chi connectivity index (χ3n) is 5.41. The first-order valence-electron chi connectivity index (χ1n) is 9.77. The van der Waals surface area contributed by atoms with Crippen molar-refractivity contribution in [2.45, 2.75) is 18.0 Å². The quantitative estimate of drug-likeness (QED) is 0.445. The van der Waals surface area contributed by atoms with Crippen LogP contribution in [0.1, 0.15) is 15.9 Å². The van der Waals surface area contributed by atoms with Gasteiger partial charge in [0.25, 0.3) is 0 Å². The van der Waals surface area contributed by atoms with Gasteiger partial charge >= 0.3 is 5.97 Å². The fourth-order valence-corrected chi connectivity index (χ4v) is 6.77. The minimum absolute atomic E-state index is 0.155.